The topological polar surface area (TPSA) is 59.4 Å². The van der Waals surface area contributed by atoms with E-state index in [1.54, 1.807) is 36.4 Å². The van der Waals surface area contributed by atoms with Gasteiger partial charge >= 0.3 is 5.97 Å². The molecular formula is C26H21F2NO3. The van der Waals surface area contributed by atoms with Crippen LogP contribution in [0.2, 0.25) is 0 Å². The van der Waals surface area contributed by atoms with Crippen LogP contribution in [0.3, 0.4) is 0 Å². The highest BCUT2D eigenvalue weighted by molar-refractivity contribution is 6.03. The average Bonchev–Trinajstić information content (AvgIpc) is 2.72. The molecule has 0 radical (unpaired) electrons. The number of halogens is 2. The summed E-state index contributed by atoms with van der Waals surface area (Å²) < 4.78 is 34.4. The first-order valence-electron chi connectivity index (χ1n) is 10.0. The molecule has 32 heavy (non-hydrogen) atoms. The average molecular weight is 433 g/mol. The van der Waals surface area contributed by atoms with Crippen LogP contribution in [0.4, 0.5) is 8.78 Å². The first-order chi connectivity index (χ1) is 15.1. The molecular weight excluding hydrogens is 412 g/mol. The normalized spacial score (nSPS) is 11.5. The lowest BCUT2D eigenvalue weighted by atomic mass is 10.00. The van der Waals surface area contributed by atoms with Gasteiger partial charge < -0.3 is 9.84 Å². The zero-order valence-electron chi connectivity index (χ0n) is 17.8. The minimum absolute atomic E-state index is 0.0941. The van der Waals surface area contributed by atoms with Crippen LogP contribution in [0.1, 0.15) is 31.1 Å². The Labute approximate surface area is 184 Å². The van der Waals surface area contributed by atoms with Crippen LogP contribution in [0.25, 0.3) is 33.3 Å². The Balaban J connectivity index is 1.71. The van der Waals surface area contributed by atoms with E-state index in [1.807, 2.05) is 20.8 Å². The monoisotopic (exact) mass is 433 g/mol. The van der Waals surface area contributed by atoms with E-state index < -0.39 is 17.6 Å². The summed E-state index contributed by atoms with van der Waals surface area (Å²) in [6.07, 6.45) is 0. The number of pyridine rings is 1. The van der Waals surface area contributed by atoms with Gasteiger partial charge in [0.2, 0.25) is 0 Å². The maximum absolute atomic E-state index is 15.0. The highest BCUT2D eigenvalue weighted by Crippen LogP contribution is 2.31. The molecule has 162 valence electrons. The molecule has 4 rings (SSSR count). The van der Waals surface area contributed by atoms with Crippen molar-refractivity contribution in [1.82, 2.24) is 4.98 Å². The van der Waals surface area contributed by atoms with E-state index in [1.165, 1.54) is 24.3 Å². The summed E-state index contributed by atoms with van der Waals surface area (Å²) in [5.74, 6) is -1.54. The molecule has 0 fully saturated rings. The fraction of sp³-hybridized carbons (Fsp3) is 0.154. The van der Waals surface area contributed by atoms with Crippen molar-refractivity contribution >= 4 is 16.9 Å². The fourth-order valence-corrected chi connectivity index (χ4v) is 3.49. The zero-order valence-corrected chi connectivity index (χ0v) is 17.8. The van der Waals surface area contributed by atoms with Crippen LogP contribution in [0.15, 0.2) is 66.7 Å². The molecule has 1 aromatic heterocycles. The lowest BCUT2D eigenvalue weighted by molar-refractivity contribution is 0.0699. The Morgan fingerprint density at radius 1 is 0.906 bits per heavy atom. The quantitative estimate of drug-likeness (QED) is 0.388. The van der Waals surface area contributed by atoms with E-state index in [4.69, 9.17) is 4.74 Å². The van der Waals surface area contributed by atoms with Crippen LogP contribution < -0.4 is 4.74 Å². The SMILES string of the molecule is CC(C)(C)Oc1ccc(-c2ccc(-c3cc(C(=O)O)c4cc(F)ccc4n3)cc2F)cc1. The zero-order chi connectivity index (χ0) is 23.0. The highest BCUT2D eigenvalue weighted by Gasteiger charge is 2.16. The number of rotatable bonds is 4. The summed E-state index contributed by atoms with van der Waals surface area (Å²) >= 11 is 0. The van der Waals surface area contributed by atoms with Crippen molar-refractivity contribution in [2.45, 2.75) is 26.4 Å². The van der Waals surface area contributed by atoms with Crippen molar-refractivity contribution < 1.29 is 23.4 Å². The Bertz CT molecular complexity index is 1330. The number of nitrogens with zero attached hydrogens (tertiary/aromatic N) is 1. The molecule has 0 spiro atoms. The summed E-state index contributed by atoms with van der Waals surface area (Å²) in [5, 5.41) is 9.74. The van der Waals surface area contributed by atoms with Gasteiger partial charge in [-0.25, -0.2) is 18.6 Å². The summed E-state index contributed by atoms with van der Waals surface area (Å²) in [6, 6.07) is 16.8. The second-order valence-electron chi connectivity index (χ2n) is 8.46. The lowest BCUT2D eigenvalue weighted by Crippen LogP contribution is -2.22. The molecule has 0 bridgehead atoms. The van der Waals surface area contributed by atoms with E-state index >= 15 is 0 Å². The first kappa shape index (κ1) is 21.4. The standard InChI is InChI=1S/C26H21F2NO3/c1-26(2,3)32-18-8-4-15(5-9-18)19-10-6-16(12-22(19)28)24-14-21(25(30)31)20-13-17(27)7-11-23(20)29-24/h4-14H,1-3H3,(H,30,31). The number of fused-ring (bicyclic) bond motifs is 1. The van der Waals surface area contributed by atoms with Gasteiger partial charge in [-0.05, 0) is 68.8 Å². The number of aromatic carboxylic acids is 1. The Morgan fingerprint density at radius 3 is 2.22 bits per heavy atom. The van der Waals surface area contributed by atoms with Crippen molar-refractivity contribution in [2.75, 3.05) is 0 Å². The predicted octanol–water partition coefficient (Wildman–Crippen LogP) is 6.72. The number of benzene rings is 3. The Morgan fingerprint density at radius 2 is 1.59 bits per heavy atom. The molecule has 4 aromatic rings. The minimum atomic E-state index is -1.21. The highest BCUT2D eigenvalue weighted by atomic mass is 19.1. The number of aromatic nitrogens is 1. The lowest BCUT2D eigenvalue weighted by Gasteiger charge is -2.21. The molecule has 0 atom stereocenters. The molecule has 0 amide bonds. The molecule has 1 heterocycles. The van der Waals surface area contributed by atoms with E-state index in [9.17, 15) is 18.7 Å². The number of hydrogen-bond acceptors (Lipinski definition) is 3. The third kappa shape index (κ3) is 4.44. The van der Waals surface area contributed by atoms with Crippen LogP contribution in [-0.4, -0.2) is 21.7 Å². The van der Waals surface area contributed by atoms with Crippen molar-refractivity contribution in [3.8, 4) is 28.1 Å². The van der Waals surface area contributed by atoms with Crippen LogP contribution >= 0.6 is 0 Å². The van der Waals surface area contributed by atoms with Crippen molar-refractivity contribution in [3.05, 3.63) is 83.9 Å². The van der Waals surface area contributed by atoms with Crippen LogP contribution in [-0.2, 0) is 0 Å². The fourth-order valence-electron chi connectivity index (χ4n) is 3.49. The smallest absolute Gasteiger partial charge is 0.336 e. The summed E-state index contributed by atoms with van der Waals surface area (Å²) in [4.78, 5) is 16.1. The molecule has 0 unspecified atom stereocenters. The van der Waals surface area contributed by atoms with Crippen LogP contribution in [0.5, 0.6) is 5.75 Å². The molecule has 0 aliphatic heterocycles. The molecule has 0 saturated carbocycles. The molecule has 0 aliphatic carbocycles. The second-order valence-corrected chi connectivity index (χ2v) is 8.46. The van der Waals surface area contributed by atoms with Crippen molar-refractivity contribution in [2.24, 2.45) is 0 Å². The summed E-state index contributed by atoms with van der Waals surface area (Å²) in [5.41, 5.74) is 1.69. The van der Waals surface area contributed by atoms with E-state index in [-0.39, 0.29) is 16.6 Å². The van der Waals surface area contributed by atoms with Crippen LogP contribution in [0, 0.1) is 11.6 Å². The van der Waals surface area contributed by atoms with E-state index in [2.05, 4.69) is 4.98 Å². The Hall–Kier alpha value is -3.80. The number of carbonyl (C=O) groups is 1. The van der Waals surface area contributed by atoms with Gasteiger partial charge in [0.05, 0.1) is 16.8 Å². The number of ether oxygens (including phenoxy) is 1. The molecule has 1 N–H and O–H groups in total. The van der Waals surface area contributed by atoms with Gasteiger partial charge in [0.15, 0.2) is 0 Å². The maximum Gasteiger partial charge on any atom is 0.336 e. The van der Waals surface area contributed by atoms with E-state index in [0.29, 0.717) is 33.7 Å². The van der Waals surface area contributed by atoms with Gasteiger partial charge in [-0.15, -0.1) is 0 Å². The van der Waals surface area contributed by atoms with Gasteiger partial charge in [0, 0.05) is 16.5 Å². The molecule has 3 aromatic carbocycles. The van der Waals surface area contributed by atoms with Crippen molar-refractivity contribution in [3.63, 3.8) is 0 Å². The van der Waals surface area contributed by atoms with Gasteiger partial charge in [-0.2, -0.15) is 0 Å². The van der Waals surface area contributed by atoms with Gasteiger partial charge in [0.1, 0.15) is 23.0 Å². The Kier molecular flexibility index (Phi) is 5.38. The largest absolute Gasteiger partial charge is 0.488 e. The van der Waals surface area contributed by atoms with Gasteiger partial charge in [-0.3, -0.25) is 0 Å². The van der Waals surface area contributed by atoms with E-state index in [0.717, 1.165) is 6.07 Å². The summed E-state index contributed by atoms with van der Waals surface area (Å²) in [6.45, 7) is 5.85. The maximum atomic E-state index is 15.0. The molecule has 0 saturated heterocycles. The first-order valence-corrected chi connectivity index (χ1v) is 10.0. The van der Waals surface area contributed by atoms with Crippen molar-refractivity contribution in [1.29, 1.82) is 0 Å². The summed E-state index contributed by atoms with van der Waals surface area (Å²) in [7, 11) is 0. The van der Waals surface area contributed by atoms with Gasteiger partial charge in [0.25, 0.3) is 0 Å². The van der Waals surface area contributed by atoms with Gasteiger partial charge in [-0.1, -0.05) is 24.3 Å². The minimum Gasteiger partial charge on any atom is -0.488 e. The predicted molar refractivity (Wildman–Crippen MR) is 120 cm³/mol. The third-order valence-corrected chi connectivity index (χ3v) is 4.86. The molecule has 6 heteroatoms. The third-order valence-electron chi connectivity index (χ3n) is 4.86. The number of carboxylic acid groups (broad SMARTS) is 1. The molecule has 4 nitrogen and oxygen atoms in total. The second kappa shape index (κ2) is 8.04. The number of hydrogen-bond donors (Lipinski definition) is 1. The molecule has 0 aliphatic rings. The number of carboxylic acids is 1.